The first kappa shape index (κ1) is 11.7. The van der Waals surface area contributed by atoms with Gasteiger partial charge >= 0.3 is 0 Å². The Labute approximate surface area is 89.4 Å². The molecule has 1 heterocycles. The number of nitrogens with zero attached hydrogens (tertiary/aromatic N) is 3. The van der Waals surface area contributed by atoms with E-state index in [1.807, 2.05) is 14.1 Å². The van der Waals surface area contributed by atoms with Crippen molar-refractivity contribution in [2.45, 2.75) is 18.6 Å². The lowest BCUT2D eigenvalue weighted by Gasteiger charge is -2.26. The first-order valence-electron chi connectivity index (χ1n) is 4.82. The first-order chi connectivity index (χ1) is 6.91. The molecule has 7 N–H and O–H groups in total. The molecule has 0 fully saturated rings. The van der Waals surface area contributed by atoms with Gasteiger partial charge in [0.25, 0.3) is 0 Å². The zero-order chi connectivity index (χ0) is 11.5. The molecule has 1 rings (SSSR count). The van der Waals surface area contributed by atoms with Crippen molar-refractivity contribution in [3.05, 3.63) is 0 Å². The van der Waals surface area contributed by atoms with Crippen LogP contribution in [0.2, 0.25) is 0 Å². The smallest absolute Gasteiger partial charge is 0.209 e. The molecule has 0 spiro atoms. The molecular weight excluding hydrogens is 194 g/mol. The number of guanidine groups is 2. The molecule has 0 aromatic rings. The van der Waals surface area contributed by atoms with Gasteiger partial charge in [-0.1, -0.05) is 0 Å². The van der Waals surface area contributed by atoms with E-state index in [2.05, 4.69) is 20.2 Å². The summed E-state index contributed by atoms with van der Waals surface area (Å²) < 4.78 is 0. The fourth-order valence-electron chi connectivity index (χ4n) is 1.40. The van der Waals surface area contributed by atoms with Crippen LogP contribution in [0.4, 0.5) is 0 Å². The zero-order valence-electron chi connectivity index (χ0n) is 9.20. The highest BCUT2D eigenvalue weighted by atomic mass is 15.4. The predicted octanol–water partition coefficient (Wildman–Crippen LogP) is -1.83. The molecule has 7 heteroatoms. The lowest BCUT2D eigenvalue weighted by molar-refractivity contribution is 0.345. The molecule has 0 amide bonds. The van der Waals surface area contributed by atoms with E-state index >= 15 is 0 Å². The maximum atomic E-state index is 5.93. The van der Waals surface area contributed by atoms with Crippen LogP contribution in [0.5, 0.6) is 0 Å². The average molecular weight is 213 g/mol. The molecule has 1 aliphatic heterocycles. The summed E-state index contributed by atoms with van der Waals surface area (Å²) in [5.74, 6) is -0.570. The van der Waals surface area contributed by atoms with Crippen molar-refractivity contribution in [3.63, 3.8) is 0 Å². The van der Waals surface area contributed by atoms with Gasteiger partial charge in [-0.2, -0.15) is 0 Å². The maximum Gasteiger partial charge on any atom is 0.209 e. The molecule has 0 saturated carbocycles. The summed E-state index contributed by atoms with van der Waals surface area (Å²) in [6.45, 7) is 0.928. The van der Waals surface area contributed by atoms with Crippen molar-refractivity contribution < 1.29 is 0 Å². The molecule has 0 aromatic carbocycles. The van der Waals surface area contributed by atoms with E-state index < -0.39 is 5.79 Å². The minimum atomic E-state index is -1.00. The van der Waals surface area contributed by atoms with E-state index in [9.17, 15) is 0 Å². The Kier molecular flexibility index (Phi) is 3.48. The molecule has 0 aliphatic carbocycles. The third-order valence-electron chi connectivity index (χ3n) is 2.03. The van der Waals surface area contributed by atoms with Crippen molar-refractivity contribution in [1.82, 2.24) is 10.2 Å². The molecule has 0 bridgehead atoms. The third kappa shape index (κ3) is 3.72. The molecule has 0 saturated heterocycles. The summed E-state index contributed by atoms with van der Waals surface area (Å²) in [7, 11) is 4.00. The van der Waals surface area contributed by atoms with Gasteiger partial charge in [0.1, 0.15) is 0 Å². The summed E-state index contributed by atoms with van der Waals surface area (Å²) in [6.07, 6.45) is 1.51. The molecule has 7 nitrogen and oxygen atoms in total. The molecular formula is C8H19N7. The monoisotopic (exact) mass is 213 g/mol. The van der Waals surface area contributed by atoms with E-state index in [-0.39, 0.29) is 11.9 Å². The maximum absolute atomic E-state index is 5.93. The standard InChI is InChI=1S/C8H19N7/c1-15(2)5-3-4-8(11)13-6(9)12-7(10)14-8/h3-5,11H2,1-2H3,(H5,9,10,12,13,14). The average Bonchev–Trinajstić information content (AvgIpc) is 1.98. The summed E-state index contributed by atoms with van der Waals surface area (Å²) in [5.41, 5.74) is 17.0. The Balaban J connectivity index is 2.54. The number of hydrogen-bond donors (Lipinski definition) is 4. The molecule has 0 aromatic heterocycles. The van der Waals surface area contributed by atoms with Crippen LogP contribution in [0.1, 0.15) is 12.8 Å². The van der Waals surface area contributed by atoms with Crippen LogP contribution in [0.25, 0.3) is 0 Å². The molecule has 0 unspecified atom stereocenters. The van der Waals surface area contributed by atoms with Crippen molar-refractivity contribution in [2.75, 3.05) is 20.6 Å². The topological polar surface area (TPSA) is 118 Å². The number of aliphatic imine (C=N–C) groups is 2. The van der Waals surface area contributed by atoms with Crippen LogP contribution in [-0.4, -0.2) is 43.2 Å². The minimum Gasteiger partial charge on any atom is -0.370 e. The highest BCUT2D eigenvalue weighted by Crippen LogP contribution is 2.15. The second kappa shape index (κ2) is 4.45. The van der Waals surface area contributed by atoms with E-state index in [0.29, 0.717) is 6.42 Å². The number of nitrogens with two attached hydrogens (primary N) is 3. The number of nitrogens with one attached hydrogen (secondary N) is 1. The Hall–Kier alpha value is -1.34. The molecule has 15 heavy (non-hydrogen) atoms. The summed E-state index contributed by atoms with van der Waals surface area (Å²) in [6, 6.07) is 0. The van der Waals surface area contributed by atoms with E-state index in [0.717, 1.165) is 13.0 Å². The van der Waals surface area contributed by atoms with Crippen molar-refractivity contribution in [1.29, 1.82) is 0 Å². The molecule has 0 radical (unpaired) electrons. The van der Waals surface area contributed by atoms with Gasteiger partial charge in [-0.25, -0.2) is 9.98 Å². The van der Waals surface area contributed by atoms with Crippen LogP contribution in [0.15, 0.2) is 9.98 Å². The fourth-order valence-corrected chi connectivity index (χ4v) is 1.40. The number of rotatable bonds is 4. The van der Waals surface area contributed by atoms with Crippen LogP contribution in [0, 0.1) is 0 Å². The van der Waals surface area contributed by atoms with Crippen molar-refractivity contribution in [2.24, 2.45) is 27.2 Å². The lowest BCUT2D eigenvalue weighted by Crippen LogP contribution is -2.52. The van der Waals surface area contributed by atoms with Gasteiger partial charge in [0.05, 0.1) is 0 Å². The summed E-state index contributed by atoms with van der Waals surface area (Å²) >= 11 is 0. The lowest BCUT2D eigenvalue weighted by atomic mass is 10.2. The minimum absolute atomic E-state index is 0.217. The largest absolute Gasteiger partial charge is 0.370 e. The van der Waals surface area contributed by atoms with Crippen LogP contribution < -0.4 is 22.5 Å². The van der Waals surface area contributed by atoms with Gasteiger partial charge in [0.2, 0.25) is 5.79 Å². The van der Waals surface area contributed by atoms with Gasteiger partial charge in [-0.3, -0.25) is 11.1 Å². The Morgan fingerprint density at radius 3 is 2.27 bits per heavy atom. The SMILES string of the molecule is CN(C)CCCC1(N)N=C(N)NC(N)=N1. The number of hydrogen-bond acceptors (Lipinski definition) is 7. The molecule has 0 atom stereocenters. The van der Waals surface area contributed by atoms with Crippen LogP contribution in [-0.2, 0) is 0 Å². The fraction of sp³-hybridized carbons (Fsp3) is 0.750. The highest BCUT2D eigenvalue weighted by molar-refractivity contribution is 5.98. The Bertz CT molecular complexity index is 263. The second-order valence-corrected chi connectivity index (χ2v) is 3.90. The van der Waals surface area contributed by atoms with Gasteiger partial charge < -0.3 is 16.4 Å². The normalized spacial score (nSPS) is 19.5. The van der Waals surface area contributed by atoms with Crippen molar-refractivity contribution in [3.8, 4) is 0 Å². The molecule has 86 valence electrons. The van der Waals surface area contributed by atoms with E-state index in [1.54, 1.807) is 0 Å². The van der Waals surface area contributed by atoms with E-state index in [1.165, 1.54) is 0 Å². The Morgan fingerprint density at radius 1 is 1.27 bits per heavy atom. The summed E-state index contributed by atoms with van der Waals surface area (Å²) in [5, 5.41) is 2.60. The van der Waals surface area contributed by atoms with Crippen LogP contribution >= 0.6 is 0 Å². The first-order valence-corrected chi connectivity index (χ1v) is 4.82. The van der Waals surface area contributed by atoms with E-state index in [4.69, 9.17) is 17.2 Å². The third-order valence-corrected chi connectivity index (χ3v) is 2.03. The van der Waals surface area contributed by atoms with Gasteiger partial charge in [-0.05, 0) is 27.1 Å². The van der Waals surface area contributed by atoms with Gasteiger partial charge in [0, 0.05) is 6.42 Å². The van der Waals surface area contributed by atoms with Gasteiger partial charge in [0.15, 0.2) is 11.9 Å². The quantitative estimate of drug-likeness (QED) is 0.438. The predicted molar refractivity (Wildman–Crippen MR) is 61.1 cm³/mol. The van der Waals surface area contributed by atoms with Gasteiger partial charge in [-0.15, -0.1) is 0 Å². The zero-order valence-corrected chi connectivity index (χ0v) is 9.20. The molecule has 1 aliphatic rings. The van der Waals surface area contributed by atoms with Crippen molar-refractivity contribution >= 4 is 11.9 Å². The highest BCUT2D eigenvalue weighted by Gasteiger charge is 2.26. The Morgan fingerprint density at radius 2 is 1.80 bits per heavy atom. The second-order valence-electron chi connectivity index (χ2n) is 3.90. The van der Waals surface area contributed by atoms with Crippen LogP contribution in [0.3, 0.4) is 0 Å². The summed E-state index contributed by atoms with van der Waals surface area (Å²) in [4.78, 5) is 10.1.